The van der Waals surface area contributed by atoms with Crippen LogP contribution in [0.1, 0.15) is 25.6 Å². The lowest BCUT2D eigenvalue weighted by atomic mass is 10.2. The predicted molar refractivity (Wildman–Crippen MR) is 108 cm³/mol. The van der Waals surface area contributed by atoms with E-state index in [1.54, 1.807) is 30.3 Å². The maximum atomic E-state index is 13.3. The topological polar surface area (TPSA) is 78.1 Å². The molecule has 1 aromatic heterocycles. The second-order valence-corrected chi connectivity index (χ2v) is 6.65. The van der Waals surface area contributed by atoms with Crippen molar-refractivity contribution in [2.45, 2.75) is 26.3 Å². The molecular formula is C21H23FN4O2. The van der Waals surface area contributed by atoms with Crippen LogP contribution in [0.15, 0.2) is 53.3 Å². The maximum Gasteiger partial charge on any atom is 0.258 e. The molecule has 0 atom stereocenters. The summed E-state index contributed by atoms with van der Waals surface area (Å²) in [6, 6.07) is 12.9. The smallest absolute Gasteiger partial charge is 0.258 e. The first kappa shape index (κ1) is 19.7. The van der Waals surface area contributed by atoms with Gasteiger partial charge in [-0.3, -0.25) is 14.5 Å². The van der Waals surface area contributed by atoms with Crippen LogP contribution in [0.5, 0.6) is 0 Å². The van der Waals surface area contributed by atoms with E-state index in [1.165, 1.54) is 12.1 Å². The zero-order chi connectivity index (χ0) is 19.9. The normalized spacial score (nSPS) is 11.1. The molecule has 0 unspecified atom stereocenters. The Bertz CT molecular complexity index is 1020. The highest BCUT2D eigenvalue weighted by molar-refractivity contribution is 5.92. The Morgan fingerprint density at radius 3 is 2.82 bits per heavy atom. The van der Waals surface area contributed by atoms with Crippen LogP contribution in [0.4, 0.5) is 10.1 Å². The van der Waals surface area contributed by atoms with Crippen molar-refractivity contribution >= 4 is 22.5 Å². The predicted octanol–water partition coefficient (Wildman–Crippen LogP) is 3.30. The second kappa shape index (κ2) is 9.23. The molecule has 0 aliphatic rings. The fraction of sp³-hybridized carbons (Fsp3) is 0.286. The van der Waals surface area contributed by atoms with E-state index >= 15 is 0 Å². The number of unbranched alkanes of at least 4 members (excludes halogenated alkanes) is 1. The molecular weight excluding hydrogens is 359 g/mol. The molecule has 0 fully saturated rings. The highest BCUT2D eigenvalue weighted by Crippen LogP contribution is 2.11. The van der Waals surface area contributed by atoms with Crippen LogP contribution in [-0.4, -0.2) is 33.9 Å². The summed E-state index contributed by atoms with van der Waals surface area (Å²) in [6.45, 7) is 3.22. The van der Waals surface area contributed by atoms with E-state index in [9.17, 15) is 14.0 Å². The van der Waals surface area contributed by atoms with E-state index < -0.39 is 5.82 Å². The molecule has 3 aromatic rings. The number of carbonyl (C=O) groups is 1. The summed E-state index contributed by atoms with van der Waals surface area (Å²) in [5.41, 5.74) is 0.846. The lowest BCUT2D eigenvalue weighted by molar-refractivity contribution is -0.117. The van der Waals surface area contributed by atoms with Crippen LogP contribution in [0.3, 0.4) is 0 Å². The first-order chi connectivity index (χ1) is 13.5. The van der Waals surface area contributed by atoms with Gasteiger partial charge in [-0.05, 0) is 43.3 Å². The molecule has 0 aliphatic heterocycles. The number of aromatic nitrogens is 2. The molecule has 0 saturated heterocycles. The summed E-state index contributed by atoms with van der Waals surface area (Å²) >= 11 is 0. The van der Waals surface area contributed by atoms with Gasteiger partial charge in [-0.1, -0.05) is 31.5 Å². The minimum Gasteiger partial charge on any atom is -0.325 e. The lowest BCUT2D eigenvalue weighted by Crippen LogP contribution is -2.34. The summed E-state index contributed by atoms with van der Waals surface area (Å²) in [7, 11) is 0. The Hall–Kier alpha value is -3.06. The molecule has 1 heterocycles. The molecule has 2 aromatic carbocycles. The number of anilines is 1. The Morgan fingerprint density at radius 2 is 2.04 bits per heavy atom. The zero-order valence-electron chi connectivity index (χ0n) is 15.7. The number of benzene rings is 2. The van der Waals surface area contributed by atoms with Gasteiger partial charge in [0.1, 0.15) is 11.6 Å². The molecule has 0 bridgehead atoms. The number of nitrogens with zero attached hydrogens (tertiary/aromatic N) is 2. The van der Waals surface area contributed by atoms with E-state index in [1.807, 2.05) is 11.0 Å². The summed E-state index contributed by atoms with van der Waals surface area (Å²) in [5.74, 6) is -0.137. The third-order valence-corrected chi connectivity index (χ3v) is 4.34. The van der Waals surface area contributed by atoms with E-state index in [2.05, 4.69) is 22.2 Å². The van der Waals surface area contributed by atoms with Crippen molar-refractivity contribution in [1.82, 2.24) is 14.9 Å². The van der Waals surface area contributed by atoms with Crippen molar-refractivity contribution in [3.63, 3.8) is 0 Å². The lowest BCUT2D eigenvalue weighted by Gasteiger charge is -2.21. The number of rotatable bonds is 8. The summed E-state index contributed by atoms with van der Waals surface area (Å²) in [6.07, 6.45) is 1.88. The monoisotopic (exact) mass is 382 g/mol. The van der Waals surface area contributed by atoms with Gasteiger partial charge in [-0.15, -0.1) is 0 Å². The number of para-hydroxylation sites is 1. The van der Waals surface area contributed by atoms with Crippen molar-refractivity contribution in [2.75, 3.05) is 18.4 Å². The average Bonchev–Trinajstić information content (AvgIpc) is 2.66. The van der Waals surface area contributed by atoms with Crippen molar-refractivity contribution < 1.29 is 9.18 Å². The van der Waals surface area contributed by atoms with Gasteiger partial charge in [-0.2, -0.15) is 0 Å². The molecule has 0 aliphatic carbocycles. The van der Waals surface area contributed by atoms with Crippen LogP contribution in [0.2, 0.25) is 0 Å². The van der Waals surface area contributed by atoms with E-state index in [0.29, 0.717) is 35.5 Å². The number of carbonyl (C=O) groups excluding carboxylic acids is 1. The van der Waals surface area contributed by atoms with Crippen LogP contribution < -0.4 is 10.9 Å². The van der Waals surface area contributed by atoms with E-state index in [0.717, 1.165) is 12.8 Å². The Labute approximate surface area is 162 Å². The van der Waals surface area contributed by atoms with Crippen LogP contribution >= 0.6 is 0 Å². The quantitative estimate of drug-likeness (QED) is 0.627. The fourth-order valence-electron chi connectivity index (χ4n) is 2.99. The standard InChI is InChI=1S/C21H23FN4O2/c1-2-3-11-26(14-20(27)23-16-8-6-7-15(22)12-16)13-19-24-18-10-5-4-9-17(18)21(28)25-19/h4-10,12H,2-3,11,13-14H2,1H3,(H,23,27)(H,24,25,28). The van der Waals surface area contributed by atoms with Gasteiger partial charge in [0.2, 0.25) is 5.91 Å². The molecule has 3 rings (SSSR count). The number of halogens is 1. The maximum absolute atomic E-state index is 13.3. The third-order valence-electron chi connectivity index (χ3n) is 4.34. The number of nitrogens with one attached hydrogen (secondary N) is 2. The average molecular weight is 382 g/mol. The van der Waals surface area contributed by atoms with Crippen molar-refractivity contribution in [2.24, 2.45) is 0 Å². The van der Waals surface area contributed by atoms with Crippen LogP contribution in [-0.2, 0) is 11.3 Å². The molecule has 1 amide bonds. The van der Waals surface area contributed by atoms with Gasteiger partial charge in [0.25, 0.3) is 5.56 Å². The second-order valence-electron chi connectivity index (χ2n) is 6.65. The zero-order valence-corrected chi connectivity index (χ0v) is 15.7. The van der Waals surface area contributed by atoms with Crippen molar-refractivity contribution in [1.29, 1.82) is 0 Å². The number of H-pyrrole nitrogens is 1. The summed E-state index contributed by atoms with van der Waals surface area (Å²) in [4.78, 5) is 33.9. The highest BCUT2D eigenvalue weighted by atomic mass is 19.1. The van der Waals surface area contributed by atoms with Gasteiger partial charge in [0.15, 0.2) is 0 Å². The Balaban J connectivity index is 1.73. The molecule has 6 nitrogen and oxygen atoms in total. The van der Waals surface area contributed by atoms with Gasteiger partial charge < -0.3 is 10.3 Å². The van der Waals surface area contributed by atoms with Crippen LogP contribution in [0, 0.1) is 5.82 Å². The first-order valence-corrected chi connectivity index (χ1v) is 9.31. The Kier molecular flexibility index (Phi) is 6.49. The number of hydrogen-bond donors (Lipinski definition) is 2. The third kappa shape index (κ3) is 5.23. The molecule has 7 heteroatoms. The Morgan fingerprint density at radius 1 is 1.21 bits per heavy atom. The molecule has 146 valence electrons. The first-order valence-electron chi connectivity index (χ1n) is 9.31. The van der Waals surface area contributed by atoms with E-state index in [4.69, 9.17) is 0 Å². The van der Waals surface area contributed by atoms with Gasteiger partial charge >= 0.3 is 0 Å². The largest absolute Gasteiger partial charge is 0.325 e. The molecule has 2 N–H and O–H groups in total. The number of amides is 1. The summed E-state index contributed by atoms with van der Waals surface area (Å²) < 4.78 is 13.3. The SMILES string of the molecule is CCCCN(CC(=O)Nc1cccc(F)c1)Cc1nc2ccccc2c(=O)[nH]1. The summed E-state index contributed by atoms with van der Waals surface area (Å²) in [5, 5.41) is 3.24. The van der Waals surface area contributed by atoms with Gasteiger partial charge in [-0.25, -0.2) is 9.37 Å². The van der Waals surface area contributed by atoms with Crippen molar-refractivity contribution in [3.05, 3.63) is 70.5 Å². The fourth-order valence-corrected chi connectivity index (χ4v) is 2.99. The molecule has 0 radical (unpaired) electrons. The number of hydrogen-bond acceptors (Lipinski definition) is 4. The molecule has 0 spiro atoms. The van der Waals surface area contributed by atoms with Gasteiger partial charge in [0.05, 0.1) is 24.0 Å². The highest BCUT2D eigenvalue weighted by Gasteiger charge is 2.14. The van der Waals surface area contributed by atoms with Gasteiger partial charge in [0, 0.05) is 5.69 Å². The van der Waals surface area contributed by atoms with E-state index in [-0.39, 0.29) is 18.0 Å². The number of aromatic amines is 1. The molecule has 28 heavy (non-hydrogen) atoms. The number of fused-ring (bicyclic) bond motifs is 1. The van der Waals surface area contributed by atoms with Crippen LogP contribution in [0.25, 0.3) is 10.9 Å². The minimum atomic E-state index is -0.404. The van der Waals surface area contributed by atoms with Crippen molar-refractivity contribution in [3.8, 4) is 0 Å². The molecule has 0 saturated carbocycles. The minimum absolute atomic E-state index is 0.118.